The Hall–Kier alpha value is -2.08. The monoisotopic (exact) mass is 354 g/mol. The summed E-state index contributed by atoms with van der Waals surface area (Å²) in [4.78, 5) is 10.7. The molecule has 6 heteroatoms. The zero-order valence-corrected chi connectivity index (χ0v) is 12.7. The number of methoxy groups -OCH3 is 1. The number of carbonyl (C=O) groups is 1. The minimum atomic E-state index is -1.31. The van der Waals surface area contributed by atoms with Crippen molar-refractivity contribution in [2.75, 3.05) is 7.11 Å². The summed E-state index contributed by atoms with van der Waals surface area (Å²) in [6, 6.07) is 9.07. The standard InChI is InChI=1S/C15H12BrFO4/c1-20-10-3-5-13(16)9(6-10)8-21-11-2-4-12(15(18)19)14(17)7-11/h2-7H,8H2,1H3,(H,18,19). The molecule has 1 N–H and O–H groups in total. The van der Waals surface area contributed by atoms with Gasteiger partial charge < -0.3 is 14.6 Å². The molecule has 0 aliphatic rings. The predicted octanol–water partition coefficient (Wildman–Crippen LogP) is 3.87. The van der Waals surface area contributed by atoms with Gasteiger partial charge in [-0.05, 0) is 30.3 Å². The van der Waals surface area contributed by atoms with Crippen molar-refractivity contribution >= 4 is 21.9 Å². The first-order valence-corrected chi connectivity index (χ1v) is 6.78. The summed E-state index contributed by atoms with van der Waals surface area (Å²) in [6.07, 6.45) is 0. The van der Waals surface area contributed by atoms with E-state index in [1.165, 1.54) is 12.1 Å². The lowest BCUT2D eigenvalue weighted by molar-refractivity contribution is 0.0692. The lowest BCUT2D eigenvalue weighted by Crippen LogP contribution is -2.02. The summed E-state index contributed by atoms with van der Waals surface area (Å²) >= 11 is 3.39. The quantitative estimate of drug-likeness (QED) is 0.885. The number of halogens is 2. The van der Waals surface area contributed by atoms with Gasteiger partial charge in [-0.1, -0.05) is 15.9 Å². The second kappa shape index (κ2) is 6.58. The second-order valence-electron chi connectivity index (χ2n) is 4.19. The molecule has 0 bridgehead atoms. The third-order valence-electron chi connectivity index (χ3n) is 2.82. The van der Waals surface area contributed by atoms with E-state index in [1.807, 2.05) is 6.07 Å². The zero-order valence-electron chi connectivity index (χ0n) is 11.1. The predicted molar refractivity (Wildman–Crippen MR) is 78.4 cm³/mol. The highest BCUT2D eigenvalue weighted by Gasteiger charge is 2.11. The molecule has 0 amide bonds. The van der Waals surface area contributed by atoms with E-state index in [9.17, 15) is 9.18 Å². The number of benzene rings is 2. The third-order valence-corrected chi connectivity index (χ3v) is 3.59. The van der Waals surface area contributed by atoms with Crippen LogP contribution in [0, 0.1) is 5.82 Å². The van der Waals surface area contributed by atoms with E-state index in [1.54, 1.807) is 19.2 Å². The minimum Gasteiger partial charge on any atom is -0.497 e. The van der Waals surface area contributed by atoms with Crippen LogP contribution in [-0.2, 0) is 6.61 Å². The van der Waals surface area contributed by atoms with Crippen molar-refractivity contribution in [3.63, 3.8) is 0 Å². The van der Waals surface area contributed by atoms with E-state index in [0.717, 1.165) is 16.1 Å². The van der Waals surface area contributed by atoms with Crippen molar-refractivity contribution in [2.45, 2.75) is 6.61 Å². The first-order valence-electron chi connectivity index (χ1n) is 5.99. The maximum absolute atomic E-state index is 13.5. The first-order chi connectivity index (χ1) is 10.0. The third kappa shape index (κ3) is 3.72. The van der Waals surface area contributed by atoms with Gasteiger partial charge in [0.25, 0.3) is 0 Å². The normalized spacial score (nSPS) is 10.2. The maximum Gasteiger partial charge on any atom is 0.338 e. The Morgan fingerprint density at radius 1 is 1.24 bits per heavy atom. The van der Waals surface area contributed by atoms with E-state index in [0.29, 0.717) is 5.75 Å². The summed E-state index contributed by atoms with van der Waals surface area (Å²) < 4.78 is 25.0. The molecule has 4 nitrogen and oxygen atoms in total. The van der Waals surface area contributed by atoms with Gasteiger partial charge in [0.1, 0.15) is 23.9 Å². The molecule has 2 aromatic carbocycles. The Morgan fingerprint density at radius 3 is 2.57 bits per heavy atom. The summed E-state index contributed by atoms with van der Waals surface area (Å²) in [5, 5.41) is 8.76. The Bertz CT molecular complexity index is 673. The molecule has 0 aliphatic heterocycles. The van der Waals surface area contributed by atoms with Crippen LogP contribution in [0.1, 0.15) is 15.9 Å². The second-order valence-corrected chi connectivity index (χ2v) is 5.05. The fourth-order valence-corrected chi connectivity index (χ4v) is 2.07. The van der Waals surface area contributed by atoms with E-state index in [2.05, 4.69) is 15.9 Å². The molecule has 21 heavy (non-hydrogen) atoms. The molecule has 0 aliphatic carbocycles. The van der Waals surface area contributed by atoms with Crippen LogP contribution < -0.4 is 9.47 Å². The number of carboxylic acid groups (broad SMARTS) is 1. The van der Waals surface area contributed by atoms with Crippen LogP contribution in [0.4, 0.5) is 4.39 Å². The molecule has 110 valence electrons. The summed E-state index contributed by atoms with van der Waals surface area (Å²) in [6.45, 7) is 0.198. The topological polar surface area (TPSA) is 55.8 Å². The number of aromatic carboxylic acids is 1. The Kier molecular flexibility index (Phi) is 4.80. The molecular formula is C15H12BrFO4. The van der Waals surface area contributed by atoms with E-state index in [4.69, 9.17) is 14.6 Å². The lowest BCUT2D eigenvalue weighted by Gasteiger charge is -2.10. The number of hydrogen-bond donors (Lipinski definition) is 1. The van der Waals surface area contributed by atoms with Gasteiger partial charge in [-0.3, -0.25) is 0 Å². The van der Waals surface area contributed by atoms with Gasteiger partial charge >= 0.3 is 5.97 Å². The molecule has 0 atom stereocenters. The van der Waals surface area contributed by atoms with Crippen molar-refractivity contribution in [2.24, 2.45) is 0 Å². The van der Waals surface area contributed by atoms with Gasteiger partial charge in [0.2, 0.25) is 0 Å². The average Bonchev–Trinajstić information content (AvgIpc) is 2.46. The Labute approximate surface area is 129 Å². The van der Waals surface area contributed by atoms with E-state index in [-0.39, 0.29) is 17.9 Å². The molecule has 0 spiro atoms. The summed E-state index contributed by atoms with van der Waals surface area (Å²) in [5.74, 6) is -1.20. The first kappa shape index (κ1) is 15.3. The number of ether oxygens (including phenoxy) is 2. The molecule has 0 heterocycles. The summed E-state index contributed by atoms with van der Waals surface area (Å²) in [7, 11) is 1.56. The molecule has 0 saturated heterocycles. The summed E-state index contributed by atoms with van der Waals surface area (Å²) in [5.41, 5.74) is 0.446. The van der Waals surface area contributed by atoms with Gasteiger partial charge in [0.15, 0.2) is 0 Å². The Morgan fingerprint density at radius 2 is 1.95 bits per heavy atom. The van der Waals surface area contributed by atoms with Crippen LogP contribution in [0.5, 0.6) is 11.5 Å². The fourth-order valence-electron chi connectivity index (χ4n) is 1.71. The molecular weight excluding hydrogens is 343 g/mol. The van der Waals surface area contributed by atoms with Crippen LogP contribution in [0.15, 0.2) is 40.9 Å². The van der Waals surface area contributed by atoms with Crippen molar-refractivity contribution < 1.29 is 23.8 Å². The van der Waals surface area contributed by atoms with Crippen molar-refractivity contribution in [1.29, 1.82) is 0 Å². The number of hydrogen-bond acceptors (Lipinski definition) is 3. The van der Waals surface area contributed by atoms with E-state index < -0.39 is 11.8 Å². The Balaban J connectivity index is 2.13. The molecule has 0 unspecified atom stereocenters. The number of carboxylic acids is 1. The van der Waals surface area contributed by atoms with Crippen LogP contribution in [0.2, 0.25) is 0 Å². The van der Waals surface area contributed by atoms with Crippen LogP contribution in [0.25, 0.3) is 0 Å². The van der Waals surface area contributed by atoms with Crippen molar-refractivity contribution in [3.05, 3.63) is 57.8 Å². The van der Waals surface area contributed by atoms with Gasteiger partial charge in [-0.15, -0.1) is 0 Å². The SMILES string of the molecule is COc1ccc(Br)c(COc2ccc(C(=O)O)c(F)c2)c1. The number of rotatable bonds is 5. The van der Waals surface area contributed by atoms with E-state index >= 15 is 0 Å². The zero-order chi connectivity index (χ0) is 15.4. The highest BCUT2D eigenvalue weighted by molar-refractivity contribution is 9.10. The molecule has 2 rings (SSSR count). The minimum absolute atomic E-state index is 0.198. The highest BCUT2D eigenvalue weighted by atomic mass is 79.9. The molecule has 2 aromatic rings. The largest absolute Gasteiger partial charge is 0.497 e. The molecule has 0 saturated carbocycles. The average molecular weight is 355 g/mol. The van der Waals surface area contributed by atoms with Gasteiger partial charge in [0, 0.05) is 16.1 Å². The molecule has 0 fully saturated rings. The molecule has 0 radical (unpaired) electrons. The van der Waals surface area contributed by atoms with Crippen LogP contribution in [-0.4, -0.2) is 18.2 Å². The smallest absolute Gasteiger partial charge is 0.338 e. The van der Waals surface area contributed by atoms with Crippen LogP contribution in [0.3, 0.4) is 0 Å². The van der Waals surface area contributed by atoms with Crippen molar-refractivity contribution in [3.8, 4) is 11.5 Å². The van der Waals surface area contributed by atoms with Crippen molar-refractivity contribution in [1.82, 2.24) is 0 Å². The molecule has 0 aromatic heterocycles. The van der Waals surface area contributed by atoms with Gasteiger partial charge in [-0.25, -0.2) is 9.18 Å². The highest BCUT2D eigenvalue weighted by Crippen LogP contribution is 2.24. The maximum atomic E-state index is 13.5. The fraction of sp³-hybridized carbons (Fsp3) is 0.133. The lowest BCUT2D eigenvalue weighted by atomic mass is 10.2. The van der Waals surface area contributed by atoms with Gasteiger partial charge in [-0.2, -0.15) is 0 Å². The van der Waals surface area contributed by atoms with Gasteiger partial charge in [0.05, 0.1) is 12.7 Å². The van der Waals surface area contributed by atoms with Crippen LogP contribution >= 0.6 is 15.9 Å².